The number of cyclic esters (lactones) is 1. The van der Waals surface area contributed by atoms with E-state index < -0.39 is 23.7 Å². The number of nitrogens with one attached hydrogen (secondary N) is 1. The molecule has 192 valence electrons. The van der Waals surface area contributed by atoms with Crippen LogP contribution in [0.2, 0.25) is 0 Å². The molecule has 1 amide bonds. The van der Waals surface area contributed by atoms with Gasteiger partial charge in [-0.25, -0.2) is 14.0 Å². The number of aryl methyl sites for hydroxylation is 1. The van der Waals surface area contributed by atoms with Crippen molar-refractivity contribution in [2.75, 3.05) is 0 Å². The summed E-state index contributed by atoms with van der Waals surface area (Å²) in [6.07, 6.45) is 1.82. The minimum Gasteiger partial charge on any atom is -0.461 e. The van der Waals surface area contributed by atoms with Crippen molar-refractivity contribution in [2.45, 2.75) is 90.8 Å². The van der Waals surface area contributed by atoms with Crippen LogP contribution < -0.4 is 5.32 Å². The fraction of sp³-hybridized carbons (Fsp3) is 0.500. The number of hydrogen-bond acceptors (Lipinski definition) is 5. The summed E-state index contributed by atoms with van der Waals surface area (Å²) in [6.45, 7) is 9.66. The summed E-state index contributed by atoms with van der Waals surface area (Å²) in [7, 11) is 0. The van der Waals surface area contributed by atoms with Gasteiger partial charge in [0.05, 0.1) is 12.7 Å². The van der Waals surface area contributed by atoms with Gasteiger partial charge in [0.25, 0.3) is 0 Å². The van der Waals surface area contributed by atoms with Crippen LogP contribution in [0.25, 0.3) is 0 Å². The number of esters is 1. The van der Waals surface area contributed by atoms with Crippen molar-refractivity contribution in [1.82, 2.24) is 5.32 Å². The Morgan fingerprint density at radius 1 is 1.09 bits per heavy atom. The Bertz CT molecular complexity index is 890. The average Bonchev–Trinajstić information content (AvgIpc) is 2.84. The first-order valence-electron chi connectivity index (χ1n) is 12.1. The van der Waals surface area contributed by atoms with Crippen LogP contribution in [-0.2, 0) is 25.6 Å². The van der Waals surface area contributed by atoms with E-state index in [9.17, 15) is 14.0 Å². The van der Waals surface area contributed by atoms with Gasteiger partial charge in [0.1, 0.15) is 23.6 Å². The van der Waals surface area contributed by atoms with Crippen molar-refractivity contribution in [3.05, 3.63) is 71.5 Å². The molecule has 2 aromatic rings. The summed E-state index contributed by atoms with van der Waals surface area (Å²) < 4.78 is 28.9. The van der Waals surface area contributed by atoms with Gasteiger partial charge in [-0.15, -0.1) is 0 Å². The predicted octanol–water partition coefficient (Wildman–Crippen LogP) is 6.10. The lowest BCUT2D eigenvalue weighted by Crippen LogP contribution is -2.44. The fourth-order valence-electron chi connectivity index (χ4n) is 3.54. The van der Waals surface area contributed by atoms with Gasteiger partial charge < -0.3 is 19.5 Å². The van der Waals surface area contributed by atoms with E-state index in [1.165, 1.54) is 12.1 Å². The fourth-order valence-corrected chi connectivity index (χ4v) is 3.54. The molecule has 1 N–H and O–H groups in total. The third-order valence-electron chi connectivity index (χ3n) is 5.25. The summed E-state index contributed by atoms with van der Waals surface area (Å²) in [6, 6.07) is 15.7. The Kier molecular flexibility index (Phi) is 11.2. The molecule has 0 radical (unpaired) electrons. The van der Waals surface area contributed by atoms with Gasteiger partial charge in [-0.1, -0.05) is 48.0 Å². The Labute approximate surface area is 208 Å². The van der Waals surface area contributed by atoms with Crippen molar-refractivity contribution in [3.63, 3.8) is 0 Å². The number of carbonyl (C=O) groups excluding carboxylic acids is 2. The minimum absolute atomic E-state index is 0.00767. The maximum absolute atomic E-state index is 12.4. The van der Waals surface area contributed by atoms with Crippen LogP contribution in [0.15, 0.2) is 54.6 Å². The number of ether oxygens (including phenoxy) is 3. The SMILES string of the molecule is CC1CC(OCc2ccccc2)CCC[C@H](NC(=O)OC(C)(C)C)C(=O)O1.Cc1ccc(F)cc1. The molecule has 0 aliphatic carbocycles. The second-order valence-corrected chi connectivity index (χ2v) is 9.83. The number of hydrogen-bond donors (Lipinski definition) is 1. The van der Waals surface area contributed by atoms with Gasteiger partial charge in [0.2, 0.25) is 0 Å². The van der Waals surface area contributed by atoms with Crippen LogP contribution in [0, 0.1) is 12.7 Å². The third kappa shape index (κ3) is 11.9. The van der Waals surface area contributed by atoms with Gasteiger partial charge in [-0.05, 0) is 71.6 Å². The molecule has 3 rings (SSSR count). The summed E-state index contributed by atoms with van der Waals surface area (Å²) in [4.78, 5) is 24.4. The van der Waals surface area contributed by atoms with Gasteiger partial charge in [-0.3, -0.25) is 0 Å². The van der Waals surface area contributed by atoms with Gasteiger partial charge in [0.15, 0.2) is 0 Å². The zero-order chi connectivity index (χ0) is 25.8. The maximum atomic E-state index is 12.4. The van der Waals surface area contributed by atoms with E-state index in [2.05, 4.69) is 5.32 Å². The van der Waals surface area contributed by atoms with E-state index in [1.54, 1.807) is 32.9 Å². The van der Waals surface area contributed by atoms with Gasteiger partial charge in [0, 0.05) is 6.42 Å². The third-order valence-corrected chi connectivity index (χ3v) is 5.25. The molecule has 0 aromatic heterocycles. The zero-order valence-corrected chi connectivity index (χ0v) is 21.4. The molecule has 1 aliphatic rings. The van der Waals surface area contributed by atoms with Crippen molar-refractivity contribution in [2.24, 2.45) is 0 Å². The molecule has 1 heterocycles. The quantitative estimate of drug-likeness (QED) is 0.527. The molecule has 1 fully saturated rings. The van der Waals surface area contributed by atoms with E-state index in [-0.39, 0.29) is 18.0 Å². The smallest absolute Gasteiger partial charge is 0.408 e. The second-order valence-electron chi connectivity index (χ2n) is 9.83. The largest absolute Gasteiger partial charge is 0.461 e. The highest BCUT2D eigenvalue weighted by Gasteiger charge is 2.29. The van der Waals surface area contributed by atoms with E-state index in [0.717, 1.165) is 24.0 Å². The highest BCUT2D eigenvalue weighted by Crippen LogP contribution is 2.20. The van der Waals surface area contributed by atoms with Crippen LogP contribution in [0.5, 0.6) is 0 Å². The zero-order valence-electron chi connectivity index (χ0n) is 21.4. The number of carbonyl (C=O) groups is 2. The molecule has 1 aliphatic heterocycles. The van der Waals surface area contributed by atoms with E-state index in [1.807, 2.05) is 44.2 Å². The lowest BCUT2D eigenvalue weighted by Gasteiger charge is -2.23. The molecule has 2 unspecified atom stereocenters. The average molecular weight is 488 g/mol. The first kappa shape index (κ1) is 28.3. The number of alkyl carbamates (subject to hydrolysis) is 1. The Balaban J connectivity index is 0.000000456. The Morgan fingerprint density at radius 2 is 1.74 bits per heavy atom. The topological polar surface area (TPSA) is 73.9 Å². The molecule has 0 saturated carbocycles. The number of amides is 1. The normalized spacial score (nSPS) is 20.7. The first-order chi connectivity index (χ1) is 16.5. The molecule has 0 spiro atoms. The molecule has 7 heteroatoms. The van der Waals surface area contributed by atoms with Crippen LogP contribution in [0.4, 0.5) is 9.18 Å². The summed E-state index contributed by atoms with van der Waals surface area (Å²) >= 11 is 0. The molecule has 1 saturated heterocycles. The molecule has 2 aromatic carbocycles. The van der Waals surface area contributed by atoms with Crippen LogP contribution >= 0.6 is 0 Å². The predicted molar refractivity (Wildman–Crippen MR) is 133 cm³/mol. The minimum atomic E-state index is -0.699. The van der Waals surface area contributed by atoms with Crippen LogP contribution in [0.1, 0.15) is 64.5 Å². The van der Waals surface area contributed by atoms with Crippen molar-refractivity contribution in [1.29, 1.82) is 0 Å². The molecule has 3 atom stereocenters. The molecule has 0 bridgehead atoms. The van der Waals surface area contributed by atoms with Gasteiger partial charge >= 0.3 is 12.1 Å². The lowest BCUT2D eigenvalue weighted by atomic mass is 10.0. The second kappa shape index (κ2) is 13.8. The van der Waals surface area contributed by atoms with Crippen molar-refractivity contribution in [3.8, 4) is 0 Å². The molecular weight excluding hydrogens is 449 g/mol. The monoisotopic (exact) mass is 487 g/mol. The Morgan fingerprint density at radius 3 is 2.34 bits per heavy atom. The van der Waals surface area contributed by atoms with Crippen LogP contribution in [-0.4, -0.2) is 35.9 Å². The number of halogens is 1. The number of benzene rings is 2. The molecule has 6 nitrogen and oxygen atoms in total. The summed E-state index contributed by atoms with van der Waals surface area (Å²) in [5.41, 5.74) is 1.59. The van der Waals surface area contributed by atoms with Crippen LogP contribution in [0.3, 0.4) is 0 Å². The van der Waals surface area contributed by atoms with E-state index >= 15 is 0 Å². The standard InChI is InChI=1S/C21H31NO5.C7H7F/c1-15-13-17(25-14-16-9-6-5-7-10-16)11-8-12-18(19(23)26-15)22-20(24)27-21(2,3)4;1-6-2-4-7(8)5-3-6/h5-7,9-10,15,17-18H,8,11-14H2,1-4H3,(H,22,24);2-5H,1H3/t15?,17?,18-;/m0./s1. The van der Waals surface area contributed by atoms with E-state index in [0.29, 0.717) is 19.4 Å². The lowest BCUT2D eigenvalue weighted by molar-refractivity contribution is -0.152. The first-order valence-corrected chi connectivity index (χ1v) is 12.1. The van der Waals surface area contributed by atoms with Crippen molar-refractivity contribution < 1.29 is 28.2 Å². The highest BCUT2D eigenvalue weighted by atomic mass is 19.1. The Hall–Kier alpha value is -2.93. The molecule has 35 heavy (non-hydrogen) atoms. The summed E-state index contributed by atoms with van der Waals surface area (Å²) in [5, 5.41) is 2.64. The highest BCUT2D eigenvalue weighted by molar-refractivity contribution is 5.81. The van der Waals surface area contributed by atoms with E-state index in [4.69, 9.17) is 14.2 Å². The molecular formula is C28H38FNO5. The van der Waals surface area contributed by atoms with Gasteiger partial charge in [-0.2, -0.15) is 0 Å². The van der Waals surface area contributed by atoms with Crippen molar-refractivity contribution >= 4 is 12.1 Å². The number of rotatable bonds is 4. The summed E-state index contributed by atoms with van der Waals surface area (Å²) in [5.74, 6) is -0.590. The maximum Gasteiger partial charge on any atom is 0.408 e.